The number of carbonyl (C=O) groups excluding carboxylic acids is 3. The van der Waals surface area contributed by atoms with Crippen LogP contribution in [-0.4, -0.2) is 35.1 Å². The average molecular weight is 489 g/mol. The Morgan fingerprint density at radius 1 is 1.11 bits per heavy atom. The van der Waals surface area contributed by atoms with Crippen molar-refractivity contribution in [3.8, 4) is 5.75 Å². The Morgan fingerprint density at radius 2 is 1.78 bits per heavy atom. The highest BCUT2D eigenvalue weighted by atomic mass is 16.6. The average Bonchev–Trinajstić information content (AvgIpc) is 3.13. The van der Waals surface area contributed by atoms with Crippen LogP contribution in [0.1, 0.15) is 37.8 Å². The maximum atomic E-state index is 13.6. The first-order valence-corrected chi connectivity index (χ1v) is 11.2. The Balaban J connectivity index is 1.74. The molecule has 0 amide bonds. The van der Waals surface area contributed by atoms with Gasteiger partial charge < -0.3 is 14.8 Å². The van der Waals surface area contributed by atoms with Crippen LogP contribution in [0.3, 0.4) is 0 Å². The van der Waals surface area contributed by atoms with E-state index in [1.807, 2.05) is 0 Å². The number of nitro groups is 1. The standard InChI is InChI=1S/C26H23N3O7/c1-4-35-26(32)21-14(2)27-25-23(22(21)17-7-11-19(12-8-17)36-15(3)30)24(31)20(28-25)13-16-5-9-18(10-6-16)29(33)34/h5-13,22-23H,4H2,1-3H3,(H,27,28)/b20-13-. The van der Waals surface area contributed by atoms with Crippen LogP contribution in [0.4, 0.5) is 5.69 Å². The second kappa shape index (κ2) is 9.95. The zero-order valence-corrected chi connectivity index (χ0v) is 19.8. The summed E-state index contributed by atoms with van der Waals surface area (Å²) in [6.45, 7) is 4.88. The summed E-state index contributed by atoms with van der Waals surface area (Å²) < 4.78 is 10.4. The molecule has 2 aliphatic heterocycles. The van der Waals surface area contributed by atoms with Crippen molar-refractivity contribution in [2.24, 2.45) is 10.9 Å². The van der Waals surface area contributed by atoms with E-state index in [0.717, 1.165) is 0 Å². The summed E-state index contributed by atoms with van der Waals surface area (Å²) >= 11 is 0. The molecule has 0 aromatic heterocycles. The lowest BCUT2D eigenvalue weighted by atomic mass is 9.75. The highest BCUT2D eigenvalue weighted by Crippen LogP contribution is 2.43. The second-order valence-corrected chi connectivity index (χ2v) is 8.24. The van der Waals surface area contributed by atoms with Gasteiger partial charge in [-0.25, -0.2) is 9.79 Å². The number of nitrogens with one attached hydrogen (secondary N) is 1. The van der Waals surface area contributed by atoms with E-state index in [2.05, 4.69) is 10.3 Å². The lowest BCUT2D eigenvalue weighted by molar-refractivity contribution is -0.384. The fourth-order valence-electron chi connectivity index (χ4n) is 4.32. The second-order valence-electron chi connectivity index (χ2n) is 8.24. The number of benzene rings is 2. The maximum absolute atomic E-state index is 13.6. The Bertz CT molecular complexity index is 1340. The molecule has 1 N–H and O–H groups in total. The largest absolute Gasteiger partial charge is 0.463 e. The minimum absolute atomic E-state index is 0.0623. The van der Waals surface area contributed by atoms with Crippen LogP contribution in [0.15, 0.2) is 70.5 Å². The number of nitro benzene ring substituents is 1. The number of amidine groups is 1. The number of rotatable bonds is 6. The Kier molecular flexibility index (Phi) is 6.77. The number of aliphatic imine (C=N–C) groups is 1. The number of allylic oxidation sites excluding steroid dienone is 2. The fourth-order valence-corrected chi connectivity index (χ4v) is 4.32. The number of non-ortho nitro benzene ring substituents is 1. The number of fused-ring (bicyclic) bond motifs is 1. The number of Topliss-reactive ketones (excluding diaryl/α,β-unsaturated/α-hetero) is 1. The van der Waals surface area contributed by atoms with Gasteiger partial charge in [-0.1, -0.05) is 12.1 Å². The predicted octanol–water partition coefficient (Wildman–Crippen LogP) is 3.68. The van der Waals surface area contributed by atoms with Crippen molar-refractivity contribution in [2.45, 2.75) is 26.7 Å². The molecule has 10 heteroatoms. The normalized spacial score (nSPS) is 19.9. The van der Waals surface area contributed by atoms with Crippen molar-refractivity contribution in [2.75, 3.05) is 6.61 Å². The molecule has 0 fully saturated rings. The summed E-state index contributed by atoms with van der Waals surface area (Å²) in [5, 5.41) is 14.0. The van der Waals surface area contributed by atoms with Gasteiger partial charge in [-0.05, 0) is 55.3 Å². The van der Waals surface area contributed by atoms with E-state index in [-0.39, 0.29) is 23.8 Å². The molecule has 0 saturated carbocycles. The third-order valence-corrected chi connectivity index (χ3v) is 5.84. The molecule has 2 atom stereocenters. The SMILES string of the molecule is CCOC(=O)C1=C(C)NC2=N/C(=C\c3ccc([N+](=O)[O-])cc3)C(=O)C2C1c1ccc(OC(C)=O)cc1. The van der Waals surface area contributed by atoms with Gasteiger partial charge in [-0.3, -0.25) is 19.7 Å². The van der Waals surface area contributed by atoms with Gasteiger partial charge in [0.25, 0.3) is 5.69 Å². The first-order valence-electron chi connectivity index (χ1n) is 11.2. The molecule has 10 nitrogen and oxygen atoms in total. The fraction of sp³-hybridized carbons (Fsp3) is 0.231. The van der Waals surface area contributed by atoms with E-state index in [4.69, 9.17) is 9.47 Å². The lowest BCUT2D eigenvalue weighted by Gasteiger charge is -2.32. The minimum atomic E-state index is -0.808. The highest BCUT2D eigenvalue weighted by Gasteiger charge is 2.47. The molecule has 0 saturated heterocycles. The van der Waals surface area contributed by atoms with Gasteiger partial charge >= 0.3 is 11.9 Å². The summed E-state index contributed by atoms with van der Waals surface area (Å²) in [7, 11) is 0. The monoisotopic (exact) mass is 489 g/mol. The van der Waals surface area contributed by atoms with Crippen LogP contribution in [0, 0.1) is 16.0 Å². The Hall–Kier alpha value is -4.60. The first kappa shape index (κ1) is 24.5. The van der Waals surface area contributed by atoms with E-state index in [1.54, 1.807) is 44.2 Å². The third kappa shape index (κ3) is 4.78. The maximum Gasteiger partial charge on any atom is 0.336 e. The van der Waals surface area contributed by atoms with Crippen molar-refractivity contribution in [1.29, 1.82) is 0 Å². The van der Waals surface area contributed by atoms with E-state index in [9.17, 15) is 24.5 Å². The molecule has 0 radical (unpaired) electrons. The molecule has 2 aromatic carbocycles. The number of hydrogen-bond donors (Lipinski definition) is 1. The molecular formula is C26H23N3O7. The molecule has 2 heterocycles. The van der Waals surface area contributed by atoms with Crippen molar-refractivity contribution in [3.05, 3.63) is 86.7 Å². The van der Waals surface area contributed by atoms with Gasteiger partial charge in [-0.2, -0.15) is 0 Å². The number of ketones is 1. The molecule has 0 bridgehead atoms. The van der Waals surface area contributed by atoms with E-state index < -0.39 is 28.7 Å². The zero-order chi connectivity index (χ0) is 26.0. The van der Waals surface area contributed by atoms with Crippen LogP contribution in [0.5, 0.6) is 5.75 Å². The summed E-state index contributed by atoms with van der Waals surface area (Å²) in [6.07, 6.45) is 1.55. The molecule has 2 unspecified atom stereocenters. The topological polar surface area (TPSA) is 137 Å². The zero-order valence-electron chi connectivity index (χ0n) is 19.8. The van der Waals surface area contributed by atoms with Crippen LogP contribution in [-0.2, 0) is 19.1 Å². The van der Waals surface area contributed by atoms with Crippen LogP contribution < -0.4 is 10.1 Å². The molecular weight excluding hydrogens is 466 g/mol. The molecule has 36 heavy (non-hydrogen) atoms. The van der Waals surface area contributed by atoms with E-state index in [1.165, 1.54) is 31.2 Å². The summed E-state index contributed by atoms with van der Waals surface area (Å²) in [5.41, 5.74) is 2.15. The molecule has 184 valence electrons. The minimum Gasteiger partial charge on any atom is -0.463 e. The number of carbonyl (C=O) groups is 3. The molecule has 0 spiro atoms. The van der Waals surface area contributed by atoms with Crippen molar-refractivity contribution in [1.82, 2.24) is 5.32 Å². The van der Waals surface area contributed by atoms with Gasteiger partial charge in [0.2, 0.25) is 0 Å². The number of esters is 2. The predicted molar refractivity (Wildman–Crippen MR) is 130 cm³/mol. The number of hydrogen-bond acceptors (Lipinski definition) is 9. The van der Waals surface area contributed by atoms with Crippen LogP contribution in [0.25, 0.3) is 6.08 Å². The lowest BCUT2D eigenvalue weighted by Crippen LogP contribution is -2.42. The van der Waals surface area contributed by atoms with E-state index >= 15 is 0 Å². The first-order chi connectivity index (χ1) is 17.2. The van der Waals surface area contributed by atoms with E-state index in [0.29, 0.717) is 34.0 Å². The molecule has 2 aromatic rings. The van der Waals surface area contributed by atoms with Crippen molar-refractivity contribution in [3.63, 3.8) is 0 Å². The van der Waals surface area contributed by atoms with Gasteiger partial charge in [0.05, 0.1) is 23.0 Å². The smallest absolute Gasteiger partial charge is 0.336 e. The van der Waals surface area contributed by atoms with Crippen molar-refractivity contribution >= 4 is 35.3 Å². The van der Waals surface area contributed by atoms with Gasteiger partial charge in [0.15, 0.2) is 5.78 Å². The Labute approximate surface area is 206 Å². The summed E-state index contributed by atoms with van der Waals surface area (Å²) in [4.78, 5) is 52.7. The summed E-state index contributed by atoms with van der Waals surface area (Å²) in [6, 6.07) is 12.4. The number of ether oxygens (including phenoxy) is 2. The molecule has 2 aliphatic rings. The van der Waals surface area contributed by atoms with Gasteiger partial charge in [0.1, 0.15) is 17.3 Å². The molecule has 4 rings (SSSR count). The van der Waals surface area contributed by atoms with Gasteiger partial charge in [-0.15, -0.1) is 0 Å². The quantitative estimate of drug-likeness (QED) is 0.213. The Morgan fingerprint density at radius 3 is 2.36 bits per heavy atom. The van der Waals surface area contributed by atoms with Crippen molar-refractivity contribution < 1.29 is 28.8 Å². The third-order valence-electron chi connectivity index (χ3n) is 5.84. The van der Waals surface area contributed by atoms with Crippen LogP contribution in [0.2, 0.25) is 0 Å². The number of nitrogens with zero attached hydrogens (tertiary/aromatic N) is 2. The summed E-state index contributed by atoms with van der Waals surface area (Å²) in [5.74, 6) is -2.08. The molecule has 0 aliphatic carbocycles. The van der Waals surface area contributed by atoms with Crippen LogP contribution >= 0.6 is 0 Å². The highest BCUT2D eigenvalue weighted by molar-refractivity contribution is 6.21. The van der Waals surface area contributed by atoms with Gasteiger partial charge in [0, 0.05) is 30.7 Å².